The lowest BCUT2D eigenvalue weighted by atomic mass is 10.0. The second kappa shape index (κ2) is 8.52. The fraction of sp³-hybridized carbons (Fsp3) is 0.333. The third-order valence-electron chi connectivity index (χ3n) is 4.49. The van der Waals surface area contributed by atoms with Gasteiger partial charge in [0.05, 0.1) is 5.69 Å². The van der Waals surface area contributed by atoms with Crippen LogP contribution in [-0.4, -0.2) is 29.3 Å². The molecule has 0 spiro atoms. The standard InChI is InChI=1S/C21H27N5/c1-16-14-17(2)26(25-16)13-7-12-23-21(22-3)24-15-19-10-6-9-18-8-4-5-11-20(18)19/h4-6,8-11,14H,7,12-13,15H2,1-3H3,(H2,22,23,24). The number of nitrogens with one attached hydrogen (secondary N) is 2. The van der Waals surface area contributed by atoms with Crippen molar-refractivity contribution in [3.63, 3.8) is 0 Å². The van der Waals surface area contributed by atoms with E-state index in [-0.39, 0.29) is 0 Å². The molecule has 5 heteroatoms. The third kappa shape index (κ3) is 4.42. The molecule has 1 heterocycles. The highest BCUT2D eigenvalue weighted by molar-refractivity contribution is 5.86. The number of guanidine groups is 1. The summed E-state index contributed by atoms with van der Waals surface area (Å²) in [5.41, 5.74) is 3.55. The molecular weight excluding hydrogens is 322 g/mol. The minimum atomic E-state index is 0.748. The lowest BCUT2D eigenvalue weighted by Crippen LogP contribution is -2.37. The van der Waals surface area contributed by atoms with Crippen molar-refractivity contribution in [2.75, 3.05) is 13.6 Å². The van der Waals surface area contributed by atoms with E-state index in [9.17, 15) is 0 Å². The van der Waals surface area contributed by atoms with Gasteiger partial charge < -0.3 is 10.6 Å². The molecule has 3 aromatic rings. The van der Waals surface area contributed by atoms with Crippen LogP contribution in [-0.2, 0) is 13.1 Å². The zero-order chi connectivity index (χ0) is 18.4. The molecule has 0 saturated heterocycles. The Hall–Kier alpha value is -2.82. The SMILES string of the molecule is CN=C(NCCCn1nc(C)cc1C)NCc1cccc2ccccc12. The number of rotatable bonds is 6. The Labute approximate surface area is 155 Å². The summed E-state index contributed by atoms with van der Waals surface area (Å²) in [6, 6.07) is 17.0. The van der Waals surface area contributed by atoms with E-state index in [0.717, 1.165) is 37.7 Å². The minimum Gasteiger partial charge on any atom is -0.356 e. The van der Waals surface area contributed by atoms with E-state index in [4.69, 9.17) is 0 Å². The predicted octanol–water partition coefficient (Wildman–Crippen LogP) is 3.41. The molecule has 2 aromatic carbocycles. The highest BCUT2D eigenvalue weighted by Gasteiger charge is 2.03. The summed E-state index contributed by atoms with van der Waals surface area (Å²) in [4.78, 5) is 4.32. The van der Waals surface area contributed by atoms with Gasteiger partial charge in [-0.25, -0.2) is 0 Å². The first-order valence-corrected chi connectivity index (χ1v) is 9.09. The number of benzene rings is 2. The van der Waals surface area contributed by atoms with E-state index in [1.54, 1.807) is 7.05 Å². The Balaban J connectivity index is 1.49. The summed E-state index contributed by atoms with van der Waals surface area (Å²) < 4.78 is 2.06. The van der Waals surface area contributed by atoms with Crippen LogP contribution in [0.3, 0.4) is 0 Å². The maximum absolute atomic E-state index is 4.50. The minimum absolute atomic E-state index is 0.748. The van der Waals surface area contributed by atoms with E-state index >= 15 is 0 Å². The molecule has 0 aliphatic rings. The molecular formula is C21H27N5. The Morgan fingerprint density at radius 1 is 1.08 bits per heavy atom. The van der Waals surface area contributed by atoms with Gasteiger partial charge >= 0.3 is 0 Å². The first-order chi connectivity index (χ1) is 12.7. The number of fused-ring (bicyclic) bond motifs is 1. The second-order valence-corrected chi connectivity index (χ2v) is 6.49. The molecule has 0 saturated carbocycles. The highest BCUT2D eigenvalue weighted by Crippen LogP contribution is 2.18. The Kier molecular flexibility index (Phi) is 5.89. The number of nitrogens with zero attached hydrogens (tertiary/aromatic N) is 3. The first kappa shape index (κ1) is 18.0. The van der Waals surface area contributed by atoms with Gasteiger partial charge in [0.15, 0.2) is 5.96 Å². The van der Waals surface area contributed by atoms with Crippen LogP contribution < -0.4 is 10.6 Å². The van der Waals surface area contributed by atoms with Crippen LogP contribution >= 0.6 is 0 Å². The molecule has 0 aliphatic carbocycles. The van der Waals surface area contributed by atoms with Crippen LogP contribution in [0.4, 0.5) is 0 Å². The molecule has 1 aromatic heterocycles. The van der Waals surface area contributed by atoms with E-state index in [1.165, 1.54) is 22.0 Å². The third-order valence-corrected chi connectivity index (χ3v) is 4.49. The van der Waals surface area contributed by atoms with Crippen LogP contribution in [0.1, 0.15) is 23.4 Å². The van der Waals surface area contributed by atoms with Gasteiger partial charge in [0.1, 0.15) is 0 Å². The largest absolute Gasteiger partial charge is 0.356 e. The van der Waals surface area contributed by atoms with Crippen molar-refractivity contribution in [3.05, 3.63) is 65.5 Å². The fourth-order valence-electron chi connectivity index (χ4n) is 3.18. The molecule has 0 radical (unpaired) electrons. The number of aryl methyl sites for hydroxylation is 3. The zero-order valence-electron chi connectivity index (χ0n) is 15.8. The van der Waals surface area contributed by atoms with Gasteiger partial charge in [0.2, 0.25) is 0 Å². The molecule has 0 amide bonds. The average Bonchev–Trinajstić information content (AvgIpc) is 2.98. The quantitative estimate of drug-likeness (QED) is 0.407. The van der Waals surface area contributed by atoms with Crippen LogP contribution in [0.2, 0.25) is 0 Å². The van der Waals surface area contributed by atoms with Crippen molar-refractivity contribution in [1.82, 2.24) is 20.4 Å². The van der Waals surface area contributed by atoms with Gasteiger partial charge in [-0.1, -0.05) is 42.5 Å². The second-order valence-electron chi connectivity index (χ2n) is 6.49. The van der Waals surface area contributed by atoms with Crippen molar-refractivity contribution in [1.29, 1.82) is 0 Å². The molecule has 0 atom stereocenters. The molecule has 0 unspecified atom stereocenters. The van der Waals surface area contributed by atoms with Crippen molar-refractivity contribution < 1.29 is 0 Å². The normalized spacial score (nSPS) is 11.7. The molecule has 0 bridgehead atoms. The van der Waals surface area contributed by atoms with E-state index in [0.29, 0.717) is 0 Å². The van der Waals surface area contributed by atoms with Crippen molar-refractivity contribution in [2.45, 2.75) is 33.4 Å². The molecule has 5 nitrogen and oxygen atoms in total. The van der Waals surface area contributed by atoms with Gasteiger partial charge in [-0.3, -0.25) is 9.67 Å². The lowest BCUT2D eigenvalue weighted by molar-refractivity contribution is 0.555. The van der Waals surface area contributed by atoms with E-state index < -0.39 is 0 Å². The van der Waals surface area contributed by atoms with E-state index in [1.807, 2.05) is 6.92 Å². The van der Waals surface area contributed by atoms with Gasteiger partial charge in [0, 0.05) is 32.4 Å². The van der Waals surface area contributed by atoms with Crippen LogP contribution in [0.5, 0.6) is 0 Å². The van der Waals surface area contributed by atoms with Gasteiger partial charge in [0.25, 0.3) is 0 Å². The number of hydrogen-bond acceptors (Lipinski definition) is 2. The monoisotopic (exact) mass is 349 g/mol. The Morgan fingerprint density at radius 2 is 1.88 bits per heavy atom. The summed E-state index contributed by atoms with van der Waals surface area (Å²) in [5, 5.41) is 13.8. The smallest absolute Gasteiger partial charge is 0.191 e. The number of hydrogen-bond donors (Lipinski definition) is 2. The lowest BCUT2D eigenvalue weighted by Gasteiger charge is -2.13. The zero-order valence-corrected chi connectivity index (χ0v) is 15.8. The average molecular weight is 349 g/mol. The van der Waals surface area contributed by atoms with E-state index in [2.05, 4.69) is 80.9 Å². The number of aromatic nitrogens is 2. The first-order valence-electron chi connectivity index (χ1n) is 9.09. The van der Waals surface area contributed by atoms with Crippen molar-refractivity contribution >= 4 is 16.7 Å². The van der Waals surface area contributed by atoms with Gasteiger partial charge in [-0.2, -0.15) is 5.10 Å². The van der Waals surface area contributed by atoms with Crippen molar-refractivity contribution in [2.24, 2.45) is 4.99 Å². The molecule has 26 heavy (non-hydrogen) atoms. The van der Waals surface area contributed by atoms with Gasteiger partial charge in [-0.15, -0.1) is 0 Å². The predicted molar refractivity (Wildman–Crippen MR) is 108 cm³/mol. The summed E-state index contributed by atoms with van der Waals surface area (Å²) in [6.45, 7) is 6.64. The Morgan fingerprint density at radius 3 is 2.65 bits per heavy atom. The molecule has 0 aliphatic heterocycles. The maximum Gasteiger partial charge on any atom is 0.191 e. The van der Waals surface area contributed by atoms with Gasteiger partial charge in [-0.05, 0) is 42.7 Å². The summed E-state index contributed by atoms with van der Waals surface area (Å²) in [6.07, 6.45) is 0.997. The van der Waals surface area contributed by atoms with Crippen LogP contribution in [0.15, 0.2) is 53.5 Å². The molecule has 3 rings (SSSR count). The van der Waals surface area contributed by atoms with Crippen LogP contribution in [0, 0.1) is 13.8 Å². The Bertz CT molecular complexity index is 889. The summed E-state index contributed by atoms with van der Waals surface area (Å²) in [7, 11) is 1.81. The summed E-state index contributed by atoms with van der Waals surface area (Å²) >= 11 is 0. The molecule has 2 N–H and O–H groups in total. The topological polar surface area (TPSA) is 54.2 Å². The summed E-state index contributed by atoms with van der Waals surface area (Å²) in [5.74, 6) is 0.825. The molecule has 136 valence electrons. The highest BCUT2D eigenvalue weighted by atomic mass is 15.3. The maximum atomic E-state index is 4.50. The van der Waals surface area contributed by atoms with Crippen molar-refractivity contribution in [3.8, 4) is 0 Å². The van der Waals surface area contributed by atoms with Crippen LogP contribution in [0.25, 0.3) is 10.8 Å². The molecule has 0 fully saturated rings. The fourth-order valence-corrected chi connectivity index (χ4v) is 3.18. The number of aliphatic imine (C=N–C) groups is 1.